The Morgan fingerprint density at radius 3 is 2.57 bits per heavy atom. The third kappa shape index (κ3) is 3.40. The molecule has 7 nitrogen and oxygen atoms in total. The molecule has 0 aliphatic heterocycles. The lowest BCUT2D eigenvalue weighted by atomic mass is 9.92. The van der Waals surface area contributed by atoms with Crippen LogP contribution >= 0.6 is 0 Å². The number of carbonyl (C=O) groups is 1. The van der Waals surface area contributed by atoms with Crippen LogP contribution in [-0.2, 0) is 6.42 Å². The zero-order valence-electron chi connectivity index (χ0n) is 15.7. The first-order valence-electron chi connectivity index (χ1n) is 8.67. The molecule has 1 aromatic heterocycles. The van der Waals surface area contributed by atoms with Gasteiger partial charge in [0, 0.05) is 22.6 Å². The van der Waals surface area contributed by atoms with Crippen LogP contribution in [-0.4, -0.2) is 37.0 Å². The lowest BCUT2D eigenvalue weighted by molar-refractivity contribution is 0.0995. The van der Waals surface area contributed by atoms with Crippen LogP contribution in [0, 0.1) is 0 Å². The van der Waals surface area contributed by atoms with Gasteiger partial charge in [-0.2, -0.15) is 0 Å². The number of nitrogens with two attached hydrogens (primary N) is 2. The number of rotatable bonds is 7. The SMILES string of the molecule is COc1ccc(-c2c(CCCF)ccc3c(N)c(C(N)=O)nnc23)c(OC)c1. The van der Waals surface area contributed by atoms with Gasteiger partial charge in [0.2, 0.25) is 0 Å². The standard InChI is InChI=1S/C20H21FN4O3/c1-27-12-6-8-13(15(10-12)28-2)16-11(4-3-9-21)5-7-14-17(22)19(20(23)26)25-24-18(14)16/h5-8,10H,3-4,9H2,1-2H3,(H2,22,24)(H2,23,26). The van der Waals surface area contributed by atoms with E-state index in [1.165, 1.54) is 0 Å². The Balaban J connectivity index is 2.34. The number of anilines is 1. The Kier molecular flexibility index (Phi) is 5.58. The third-order valence-electron chi connectivity index (χ3n) is 4.55. The van der Waals surface area contributed by atoms with E-state index in [2.05, 4.69) is 10.2 Å². The van der Waals surface area contributed by atoms with Crippen molar-refractivity contribution in [3.63, 3.8) is 0 Å². The minimum absolute atomic E-state index is 0.0864. The first-order valence-corrected chi connectivity index (χ1v) is 8.67. The number of nitrogens with zero attached hydrogens (tertiary/aromatic N) is 2. The summed E-state index contributed by atoms with van der Waals surface area (Å²) in [6, 6.07) is 8.98. The van der Waals surface area contributed by atoms with Crippen molar-refractivity contribution in [1.82, 2.24) is 10.2 Å². The predicted molar refractivity (Wildman–Crippen MR) is 105 cm³/mol. The van der Waals surface area contributed by atoms with Crippen molar-refractivity contribution < 1.29 is 18.7 Å². The first kappa shape index (κ1) is 19.3. The van der Waals surface area contributed by atoms with Gasteiger partial charge in [0.1, 0.15) is 17.0 Å². The van der Waals surface area contributed by atoms with E-state index in [0.29, 0.717) is 35.2 Å². The molecule has 0 aliphatic rings. The van der Waals surface area contributed by atoms with E-state index < -0.39 is 12.6 Å². The summed E-state index contributed by atoms with van der Waals surface area (Å²) >= 11 is 0. The van der Waals surface area contributed by atoms with Crippen molar-refractivity contribution >= 4 is 22.5 Å². The van der Waals surface area contributed by atoms with Crippen LogP contribution in [0.1, 0.15) is 22.5 Å². The quantitative estimate of drug-likeness (QED) is 0.647. The normalized spacial score (nSPS) is 10.8. The minimum atomic E-state index is -0.753. The number of ether oxygens (including phenoxy) is 2. The van der Waals surface area contributed by atoms with Crippen molar-refractivity contribution in [3.05, 3.63) is 41.6 Å². The highest BCUT2D eigenvalue weighted by molar-refractivity contribution is 6.08. The molecule has 3 aromatic rings. The maximum atomic E-state index is 12.8. The molecular weight excluding hydrogens is 363 g/mol. The molecule has 28 heavy (non-hydrogen) atoms. The monoisotopic (exact) mass is 384 g/mol. The number of fused-ring (bicyclic) bond motifs is 1. The molecule has 0 atom stereocenters. The highest BCUT2D eigenvalue weighted by atomic mass is 19.1. The number of nitrogen functional groups attached to an aromatic ring is 1. The van der Waals surface area contributed by atoms with E-state index in [9.17, 15) is 9.18 Å². The average Bonchev–Trinajstić information content (AvgIpc) is 2.71. The summed E-state index contributed by atoms with van der Waals surface area (Å²) in [5, 5.41) is 8.67. The second-order valence-corrected chi connectivity index (χ2v) is 6.18. The number of alkyl halides is 1. The molecule has 8 heteroatoms. The maximum absolute atomic E-state index is 12.8. The molecule has 2 aromatic carbocycles. The van der Waals surface area contributed by atoms with Gasteiger partial charge in [-0.05, 0) is 30.5 Å². The molecule has 0 radical (unpaired) electrons. The summed E-state index contributed by atoms with van der Waals surface area (Å²) in [6.07, 6.45) is 0.857. The second-order valence-electron chi connectivity index (χ2n) is 6.18. The van der Waals surface area contributed by atoms with E-state index >= 15 is 0 Å². The lowest BCUT2D eigenvalue weighted by Gasteiger charge is -2.17. The van der Waals surface area contributed by atoms with Crippen molar-refractivity contribution in [1.29, 1.82) is 0 Å². The number of amides is 1. The Bertz CT molecular complexity index is 1040. The molecule has 146 valence electrons. The fourth-order valence-electron chi connectivity index (χ4n) is 3.19. The molecule has 0 unspecified atom stereocenters. The lowest BCUT2D eigenvalue weighted by Crippen LogP contribution is -2.17. The molecule has 4 N–H and O–H groups in total. The molecule has 0 fully saturated rings. The Morgan fingerprint density at radius 1 is 1.14 bits per heavy atom. The number of benzene rings is 2. The molecule has 0 aliphatic carbocycles. The van der Waals surface area contributed by atoms with Crippen molar-refractivity contribution in [2.75, 3.05) is 26.6 Å². The fourth-order valence-corrected chi connectivity index (χ4v) is 3.19. The van der Waals surface area contributed by atoms with Crippen LogP contribution in [0.2, 0.25) is 0 Å². The summed E-state index contributed by atoms with van der Waals surface area (Å²) in [5.41, 5.74) is 14.3. The molecule has 0 saturated carbocycles. The number of aryl methyl sites for hydroxylation is 1. The summed E-state index contributed by atoms with van der Waals surface area (Å²) in [5.74, 6) is 0.442. The topological polar surface area (TPSA) is 113 Å². The third-order valence-corrected chi connectivity index (χ3v) is 4.55. The number of carbonyl (C=O) groups excluding carboxylic acids is 1. The van der Waals surface area contributed by atoms with E-state index in [1.54, 1.807) is 32.4 Å². The summed E-state index contributed by atoms with van der Waals surface area (Å²) in [6.45, 7) is -0.439. The smallest absolute Gasteiger partial charge is 0.271 e. The predicted octanol–water partition coefficient (Wildman–Crippen LogP) is 2.90. The van der Waals surface area contributed by atoms with Crippen molar-refractivity contribution in [2.24, 2.45) is 5.73 Å². The van der Waals surface area contributed by atoms with Gasteiger partial charge < -0.3 is 20.9 Å². The van der Waals surface area contributed by atoms with Gasteiger partial charge in [0.05, 0.1) is 26.6 Å². The van der Waals surface area contributed by atoms with Crippen LogP contribution < -0.4 is 20.9 Å². The van der Waals surface area contributed by atoms with E-state index in [0.717, 1.165) is 16.7 Å². The summed E-state index contributed by atoms with van der Waals surface area (Å²) in [4.78, 5) is 11.6. The first-order chi connectivity index (χ1) is 13.5. The number of halogens is 1. The fraction of sp³-hybridized carbons (Fsp3) is 0.250. The van der Waals surface area contributed by atoms with Gasteiger partial charge >= 0.3 is 0 Å². The van der Waals surface area contributed by atoms with E-state index in [4.69, 9.17) is 20.9 Å². The van der Waals surface area contributed by atoms with Gasteiger partial charge in [-0.25, -0.2) is 0 Å². The Morgan fingerprint density at radius 2 is 1.93 bits per heavy atom. The van der Waals surface area contributed by atoms with Gasteiger partial charge in [0.25, 0.3) is 5.91 Å². The van der Waals surface area contributed by atoms with Crippen molar-refractivity contribution in [2.45, 2.75) is 12.8 Å². The molecule has 0 saturated heterocycles. The molecule has 3 rings (SSSR count). The average molecular weight is 384 g/mol. The number of hydrogen-bond donors (Lipinski definition) is 2. The Labute approximate surface area is 161 Å². The van der Waals surface area contributed by atoms with Crippen molar-refractivity contribution in [3.8, 4) is 22.6 Å². The van der Waals surface area contributed by atoms with Gasteiger partial charge in [-0.1, -0.05) is 12.1 Å². The number of methoxy groups -OCH3 is 2. The van der Waals surface area contributed by atoms with Crippen LogP contribution in [0.5, 0.6) is 11.5 Å². The van der Waals surface area contributed by atoms with Gasteiger partial charge in [-0.3, -0.25) is 9.18 Å². The highest BCUT2D eigenvalue weighted by Crippen LogP contribution is 2.40. The molecule has 0 bridgehead atoms. The number of hydrogen-bond acceptors (Lipinski definition) is 6. The minimum Gasteiger partial charge on any atom is -0.497 e. The van der Waals surface area contributed by atoms with Gasteiger partial charge in [0.15, 0.2) is 5.69 Å². The van der Waals surface area contributed by atoms with Crippen LogP contribution in [0.15, 0.2) is 30.3 Å². The van der Waals surface area contributed by atoms with Gasteiger partial charge in [-0.15, -0.1) is 10.2 Å². The zero-order chi connectivity index (χ0) is 20.3. The zero-order valence-corrected chi connectivity index (χ0v) is 15.7. The Hall–Kier alpha value is -3.42. The number of primary amides is 1. The summed E-state index contributed by atoms with van der Waals surface area (Å²) in [7, 11) is 3.12. The van der Waals surface area contributed by atoms with Crippen LogP contribution in [0.3, 0.4) is 0 Å². The number of aromatic nitrogens is 2. The van der Waals surface area contributed by atoms with Crippen LogP contribution in [0.4, 0.5) is 10.1 Å². The summed E-state index contributed by atoms with van der Waals surface area (Å²) < 4.78 is 23.6. The van der Waals surface area contributed by atoms with Crippen LogP contribution in [0.25, 0.3) is 22.0 Å². The molecular formula is C20H21FN4O3. The molecule has 1 heterocycles. The second kappa shape index (κ2) is 8.08. The molecule has 0 spiro atoms. The molecule has 1 amide bonds. The highest BCUT2D eigenvalue weighted by Gasteiger charge is 2.20. The van der Waals surface area contributed by atoms with E-state index in [1.807, 2.05) is 12.1 Å². The van der Waals surface area contributed by atoms with E-state index in [-0.39, 0.29) is 11.4 Å². The maximum Gasteiger partial charge on any atom is 0.271 e. The largest absolute Gasteiger partial charge is 0.497 e.